The van der Waals surface area contributed by atoms with Crippen molar-refractivity contribution in [2.45, 2.75) is 19.0 Å². The predicted octanol–water partition coefficient (Wildman–Crippen LogP) is 2.17. The predicted molar refractivity (Wildman–Crippen MR) is 91.5 cm³/mol. The Hall–Kier alpha value is -2.14. The first kappa shape index (κ1) is 16.3. The number of halogens is 1. The van der Waals surface area contributed by atoms with Crippen LogP contribution in [0.15, 0.2) is 22.7 Å². The Balaban J connectivity index is 1.49. The third kappa shape index (κ3) is 2.97. The average Bonchev–Trinajstić information content (AvgIpc) is 3.00. The number of nitriles is 1. The number of rotatable bonds is 3. The molecule has 1 aromatic carbocycles. The smallest absolute Gasteiger partial charge is 0.246 e. The molecule has 0 N–H and O–H groups in total. The van der Waals surface area contributed by atoms with Crippen molar-refractivity contribution in [1.82, 2.24) is 15.0 Å². The quantitative estimate of drug-likeness (QED) is 0.830. The number of anilines is 1. The maximum Gasteiger partial charge on any atom is 0.246 e. The fraction of sp³-hybridized carbons (Fsp3) is 0.471. The van der Waals surface area contributed by atoms with Gasteiger partial charge in [0.05, 0.1) is 29.5 Å². The van der Waals surface area contributed by atoms with Crippen LogP contribution < -0.4 is 4.90 Å². The number of nitrogens with zero attached hydrogens (tertiary/aromatic N) is 5. The van der Waals surface area contributed by atoms with E-state index in [0.29, 0.717) is 41.6 Å². The number of ether oxygens (including phenoxy) is 1. The van der Waals surface area contributed by atoms with Gasteiger partial charge in [-0.3, -0.25) is 4.90 Å². The van der Waals surface area contributed by atoms with Crippen LogP contribution in [0.2, 0.25) is 5.02 Å². The monoisotopic (exact) mass is 359 g/mol. The second-order valence-electron chi connectivity index (χ2n) is 6.31. The molecule has 2 saturated heterocycles. The van der Waals surface area contributed by atoms with Gasteiger partial charge in [-0.05, 0) is 19.1 Å². The van der Waals surface area contributed by atoms with Gasteiger partial charge < -0.3 is 14.2 Å². The van der Waals surface area contributed by atoms with E-state index in [1.807, 2.05) is 19.1 Å². The van der Waals surface area contributed by atoms with Gasteiger partial charge in [-0.15, -0.1) is 0 Å². The molecule has 0 amide bonds. The van der Waals surface area contributed by atoms with Crippen molar-refractivity contribution < 1.29 is 9.26 Å². The zero-order valence-electron chi connectivity index (χ0n) is 13.9. The first-order valence-corrected chi connectivity index (χ1v) is 8.62. The maximum absolute atomic E-state index is 9.36. The highest BCUT2D eigenvalue weighted by molar-refractivity contribution is 6.32. The van der Waals surface area contributed by atoms with E-state index in [2.05, 4.69) is 26.0 Å². The van der Waals surface area contributed by atoms with E-state index in [9.17, 15) is 5.26 Å². The molecule has 8 heteroatoms. The first-order chi connectivity index (χ1) is 12.2. The highest BCUT2D eigenvalue weighted by atomic mass is 35.5. The second kappa shape index (κ2) is 6.64. The minimum Gasteiger partial charge on any atom is -0.378 e. The molecule has 0 spiro atoms. The highest BCUT2D eigenvalue weighted by Crippen LogP contribution is 2.34. The van der Waals surface area contributed by atoms with Crippen LogP contribution in [0, 0.1) is 18.3 Å². The molecule has 7 nitrogen and oxygen atoms in total. The SMILES string of the molecule is Cc1noc(C2COCCN2C2CN(c3cccc(Cl)c3C#N)C2)n1. The number of benzene rings is 1. The lowest BCUT2D eigenvalue weighted by molar-refractivity contribution is -0.0461. The molecule has 2 aliphatic heterocycles. The summed E-state index contributed by atoms with van der Waals surface area (Å²) in [5.74, 6) is 1.24. The van der Waals surface area contributed by atoms with Crippen LogP contribution in [0.4, 0.5) is 5.69 Å². The summed E-state index contributed by atoms with van der Waals surface area (Å²) >= 11 is 6.14. The molecule has 0 radical (unpaired) electrons. The van der Waals surface area contributed by atoms with E-state index in [1.165, 1.54) is 0 Å². The van der Waals surface area contributed by atoms with Crippen LogP contribution in [-0.4, -0.2) is 53.9 Å². The molecule has 130 valence electrons. The van der Waals surface area contributed by atoms with Crippen molar-refractivity contribution in [1.29, 1.82) is 5.26 Å². The maximum atomic E-state index is 9.36. The molecule has 0 aliphatic carbocycles. The number of morpholine rings is 1. The fourth-order valence-electron chi connectivity index (χ4n) is 3.46. The Morgan fingerprint density at radius 2 is 2.20 bits per heavy atom. The number of hydrogen-bond donors (Lipinski definition) is 0. The highest BCUT2D eigenvalue weighted by Gasteiger charge is 2.40. The minimum absolute atomic E-state index is 0.0168. The Kier molecular flexibility index (Phi) is 4.34. The van der Waals surface area contributed by atoms with E-state index in [4.69, 9.17) is 20.9 Å². The van der Waals surface area contributed by atoms with Crippen molar-refractivity contribution in [3.05, 3.63) is 40.5 Å². The molecule has 1 unspecified atom stereocenters. The van der Waals surface area contributed by atoms with E-state index in [1.54, 1.807) is 6.07 Å². The molecule has 4 rings (SSSR count). The van der Waals surface area contributed by atoms with Gasteiger partial charge in [0.1, 0.15) is 12.1 Å². The largest absolute Gasteiger partial charge is 0.378 e. The van der Waals surface area contributed by atoms with Crippen LogP contribution in [0.1, 0.15) is 23.3 Å². The lowest BCUT2D eigenvalue weighted by atomic mass is 10.0. The Labute approximate surface area is 150 Å². The summed E-state index contributed by atoms with van der Waals surface area (Å²) in [7, 11) is 0. The summed E-state index contributed by atoms with van der Waals surface area (Å²) < 4.78 is 11.0. The van der Waals surface area contributed by atoms with Crippen molar-refractivity contribution in [2.75, 3.05) is 37.7 Å². The molecule has 1 atom stereocenters. The van der Waals surface area contributed by atoms with E-state index in [0.717, 1.165) is 25.3 Å². The lowest BCUT2D eigenvalue weighted by Crippen LogP contribution is -2.62. The molecular formula is C17H18ClN5O2. The number of hydrogen-bond acceptors (Lipinski definition) is 7. The first-order valence-electron chi connectivity index (χ1n) is 8.24. The minimum atomic E-state index is -0.0168. The topological polar surface area (TPSA) is 78.4 Å². The lowest BCUT2D eigenvalue weighted by Gasteiger charge is -2.49. The summed E-state index contributed by atoms with van der Waals surface area (Å²) in [5, 5.41) is 13.7. The number of aryl methyl sites for hydroxylation is 1. The van der Waals surface area contributed by atoms with Crippen LogP contribution in [-0.2, 0) is 4.74 Å². The summed E-state index contributed by atoms with van der Waals surface area (Å²) in [5.41, 5.74) is 1.43. The molecule has 25 heavy (non-hydrogen) atoms. The van der Waals surface area contributed by atoms with Gasteiger partial charge in [-0.2, -0.15) is 10.2 Å². The third-order valence-electron chi connectivity index (χ3n) is 4.77. The van der Waals surface area contributed by atoms with Gasteiger partial charge in [0, 0.05) is 25.7 Å². The summed E-state index contributed by atoms with van der Waals surface area (Å²) in [6, 6.07) is 8.11. The van der Waals surface area contributed by atoms with Gasteiger partial charge >= 0.3 is 0 Å². The van der Waals surface area contributed by atoms with Crippen molar-refractivity contribution in [2.24, 2.45) is 0 Å². The van der Waals surface area contributed by atoms with Gasteiger partial charge in [0.2, 0.25) is 5.89 Å². The van der Waals surface area contributed by atoms with Crippen LogP contribution in [0.25, 0.3) is 0 Å². The van der Waals surface area contributed by atoms with Gasteiger partial charge in [0.15, 0.2) is 5.82 Å². The van der Waals surface area contributed by atoms with Crippen LogP contribution in [0.3, 0.4) is 0 Å². The Bertz CT molecular complexity index is 812. The van der Waals surface area contributed by atoms with Crippen molar-refractivity contribution in [3.8, 4) is 6.07 Å². The zero-order chi connectivity index (χ0) is 17.4. The summed E-state index contributed by atoms with van der Waals surface area (Å²) in [4.78, 5) is 8.91. The molecule has 2 aliphatic rings. The molecule has 0 bridgehead atoms. The van der Waals surface area contributed by atoms with Crippen LogP contribution in [0.5, 0.6) is 0 Å². The zero-order valence-corrected chi connectivity index (χ0v) is 14.6. The second-order valence-corrected chi connectivity index (χ2v) is 6.72. The van der Waals surface area contributed by atoms with E-state index < -0.39 is 0 Å². The molecular weight excluding hydrogens is 342 g/mol. The molecule has 2 fully saturated rings. The van der Waals surface area contributed by atoms with E-state index in [-0.39, 0.29) is 6.04 Å². The Morgan fingerprint density at radius 1 is 1.36 bits per heavy atom. The Morgan fingerprint density at radius 3 is 2.92 bits per heavy atom. The van der Waals surface area contributed by atoms with Gasteiger partial charge in [0.25, 0.3) is 0 Å². The normalized spacial score (nSPS) is 21.8. The van der Waals surface area contributed by atoms with Crippen molar-refractivity contribution >= 4 is 17.3 Å². The van der Waals surface area contributed by atoms with Gasteiger partial charge in [-0.25, -0.2) is 0 Å². The van der Waals surface area contributed by atoms with Gasteiger partial charge in [-0.1, -0.05) is 22.8 Å². The molecule has 3 heterocycles. The number of aromatic nitrogens is 2. The summed E-state index contributed by atoms with van der Waals surface area (Å²) in [6.07, 6.45) is 0. The molecule has 2 aromatic rings. The standard InChI is InChI=1S/C17H18ClN5O2/c1-11-20-17(25-21-11)16-10-24-6-5-23(16)12-8-22(9-12)15-4-2-3-14(18)13(15)7-19/h2-4,12,16H,5-6,8-10H2,1H3. The van der Waals surface area contributed by atoms with Crippen LogP contribution >= 0.6 is 11.6 Å². The average molecular weight is 360 g/mol. The molecule has 1 aromatic heterocycles. The van der Waals surface area contributed by atoms with Crippen molar-refractivity contribution in [3.63, 3.8) is 0 Å². The van der Waals surface area contributed by atoms with E-state index >= 15 is 0 Å². The third-order valence-corrected chi connectivity index (χ3v) is 5.09. The molecule has 0 saturated carbocycles. The fourth-order valence-corrected chi connectivity index (χ4v) is 3.68. The summed E-state index contributed by atoms with van der Waals surface area (Å²) in [6.45, 7) is 5.55.